The Labute approximate surface area is 143 Å². The van der Waals surface area contributed by atoms with Crippen LogP contribution in [0.15, 0.2) is 42.5 Å². The maximum atomic E-state index is 12.7. The number of rotatable bonds is 3. The number of nitrogens with zero attached hydrogens (tertiary/aromatic N) is 2. The molecule has 0 aliphatic carbocycles. The van der Waals surface area contributed by atoms with Crippen molar-refractivity contribution in [3.05, 3.63) is 59.2 Å². The number of amides is 1. The number of methoxy groups -OCH3 is 1. The largest absolute Gasteiger partial charge is 0.495 e. The van der Waals surface area contributed by atoms with Crippen LogP contribution in [-0.2, 0) is 0 Å². The molecule has 0 aromatic heterocycles. The van der Waals surface area contributed by atoms with E-state index in [2.05, 4.69) is 24.0 Å². The molecule has 1 amide bonds. The lowest BCUT2D eigenvalue weighted by Gasteiger charge is -2.36. The molecule has 0 N–H and O–H groups in total. The zero-order valence-electron chi connectivity index (χ0n) is 14.6. The molecule has 2 aromatic carbocycles. The Morgan fingerprint density at radius 1 is 0.958 bits per heavy atom. The Bertz CT molecular complexity index is 734. The number of aryl methyl sites for hydroxylation is 2. The van der Waals surface area contributed by atoms with Crippen LogP contribution in [0.3, 0.4) is 0 Å². The number of hydrogen-bond acceptors (Lipinski definition) is 3. The van der Waals surface area contributed by atoms with Crippen LogP contribution in [0.1, 0.15) is 21.5 Å². The standard InChI is InChI=1S/C20H24N2O2/c1-15-5-4-6-17(13-15)20(23)22-11-9-21(10-12-22)18-14-16(2)7-8-19(18)24-3/h4-8,13-14H,9-12H2,1-3H3. The predicted molar refractivity (Wildman–Crippen MR) is 97.0 cm³/mol. The van der Waals surface area contributed by atoms with Gasteiger partial charge >= 0.3 is 0 Å². The van der Waals surface area contributed by atoms with Crippen LogP contribution >= 0.6 is 0 Å². The average molecular weight is 324 g/mol. The fourth-order valence-corrected chi connectivity index (χ4v) is 3.16. The van der Waals surface area contributed by atoms with Crippen molar-refractivity contribution in [2.24, 2.45) is 0 Å². The van der Waals surface area contributed by atoms with Gasteiger partial charge in [0, 0.05) is 31.7 Å². The monoisotopic (exact) mass is 324 g/mol. The van der Waals surface area contributed by atoms with Gasteiger partial charge in [-0.25, -0.2) is 0 Å². The molecule has 1 heterocycles. The molecule has 1 aliphatic rings. The van der Waals surface area contributed by atoms with E-state index in [1.165, 1.54) is 5.56 Å². The van der Waals surface area contributed by atoms with E-state index >= 15 is 0 Å². The first-order chi connectivity index (χ1) is 11.6. The number of benzene rings is 2. The van der Waals surface area contributed by atoms with E-state index in [1.54, 1.807) is 7.11 Å². The summed E-state index contributed by atoms with van der Waals surface area (Å²) >= 11 is 0. The first-order valence-corrected chi connectivity index (χ1v) is 8.34. The molecular formula is C20H24N2O2. The van der Waals surface area contributed by atoms with E-state index < -0.39 is 0 Å². The summed E-state index contributed by atoms with van der Waals surface area (Å²) in [5.74, 6) is 1.01. The lowest BCUT2D eigenvalue weighted by atomic mass is 10.1. The highest BCUT2D eigenvalue weighted by Crippen LogP contribution is 2.30. The van der Waals surface area contributed by atoms with Crippen molar-refractivity contribution < 1.29 is 9.53 Å². The Balaban J connectivity index is 1.70. The summed E-state index contributed by atoms with van der Waals surface area (Å²) in [6.07, 6.45) is 0. The van der Waals surface area contributed by atoms with Crippen molar-refractivity contribution in [1.82, 2.24) is 4.90 Å². The summed E-state index contributed by atoms with van der Waals surface area (Å²) in [5.41, 5.74) is 4.21. The molecule has 0 saturated carbocycles. The number of anilines is 1. The van der Waals surface area contributed by atoms with Crippen molar-refractivity contribution >= 4 is 11.6 Å². The van der Waals surface area contributed by atoms with Gasteiger partial charge in [0.15, 0.2) is 0 Å². The topological polar surface area (TPSA) is 32.8 Å². The third-order valence-electron chi connectivity index (χ3n) is 4.51. The maximum Gasteiger partial charge on any atom is 0.253 e. The van der Waals surface area contributed by atoms with Gasteiger partial charge in [-0.15, -0.1) is 0 Å². The number of ether oxygens (including phenoxy) is 1. The minimum Gasteiger partial charge on any atom is -0.495 e. The van der Waals surface area contributed by atoms with Gasteiger partial charge in [0.05, 0.1) is 12.8 Å². The Morgan fingerprint density at radius 3 is 2.33 bits per heavy atom. The molecular weight excluding hydrogens is 300 g/mol. The quantitative estimate of drug-likeness (QED) is 0.869. The second kappa shape index (κ2) is 6.95. The molecule has 1 aliphatic heterocycles. The first kappa shape index (κ1) is 16.4. The van der Waals surface area contributed by atoms with Crippen molar-refractivity contribution in [2.45, 2.75) is 13.8 Å². The molecule has 0 unspecified atom stereocenters. The van der Waals surface area contributed by atoms with Crippen molar-refractivity contribution in [1.29, 1.82) is 0 Å². The van der Waals surface area contributed by atoms with E-state index in [0.717, 1.165) is 48.7 Å². The molecule has 3 rings (SSSR count). The highest BCUT2D eigenvalue weighted by molar-refractivity contribution is 5.94. The van der Waals surface area contributed by atoms with Crippen LogP contribution in [0.5, 0.6) is 5.75 Å². The van der Waals surface area contributed by atoms with Gasteiger partial charge in [-0.05, 0) is 43.7 Å². The molecule has 1 fully saturated rings. The highest BCUT2D eigenvalue weighted by Gasteiger charge is 2.23. The van der Waals surface area contributed by atoms with Crippen molar-refractivity contribution in [3.8, 4) is 5.75 Å². The van der Waals surface area contributed by atoms with Crippen LogP contribution in [0, 0.1) is 13.8 Å². The van der Waals surface area contributed by atoms with Crippen LogP contribution in [0.25, 0.3) is 0 Å². The minimum atomic E-state index is 0.120. The summed E-state index contributed by atoms with van der Waals surface area (Å²) < 4.78 is 5.49. The summed E-state index contributed by atoms with van der Waals surface area (Å²) in [6.45, 7) is 7.18. The third-order valence-corrected chi connectivity index (χ3v) is 4.51. The van der Waals surface area contributed by atoms with Gasteiger partial charge in [0.25, 0.3) is 5.91 Å². The molecule has 0 atom stereocenters. The SMILES string of the molecule is COc1ccc(C)cc1N1CCN(C(=O)c2cccc(C)c2)CC1. The smallest absolute Gasteiger partial charge is 0.253 e. The first-order valence-electron chi connectivity index (χ1n) is 8.34. The van der Waals surface area contributed by atoms with E-state index in [0.29, 0.717) is 0 Å². The highest BCUT2D eigenvalue weighted by atomic mass is 16.5. The van der Waals surface area contributed by atoms with Gasteiger partial charge in [-0.1, -0.05) is 23.8 Å². The summed E-state index contributed by atoms with van der Waals surface area (Å²) in [7, 11) is 1.70. The van der Waals surface area contributed by atoms with Crippen LogP contribution in [0.2, 0.25) is 0 Å². The zero-order chi connectivity index (χ0) is 17.1. The van der Waals surface area contributed by atoms with Crippen molar-refractivity contribution in [3.63, 3.8) is 0 Å². The second-order valence-electron chi connectivity index (χ2n) is 6.32. The van der Waals surface area contributed by atoms with Crippen LogP contribution in [0.4, 0.5) is 5.69 Å². The van der Waals surface area contributed by atoms with Crippen LogP contribution < -0.4 is 9.64 Å². The molecule has 4 heteroatoms. The molecule has 0 bridgehead atoms. The molecule has 0 radical (unpaired) electrons. The van der Waals surface area contributed by atoms with E-state index in [1.807, 2.05) is 42.2 Å². The second-order valence-corrected chi connectivity index (χ2v) is 6.32. The van der Waals surface area contributed by atoms with Crippen molar-refractivity contribution in [2.75, 3.05) is 38.2 Å². The molecule has 4 nitrogen and oxygen atoms in total. The zero-order valence-corrected chi connectivity index (χ0v) is 14.6. The third kappa shape index (κ3) is 3.37. The molecule has 1 saturated heterocycles. The minimum absolute atomic E-state index is 0.120. The lowest BCUT2D eigenvalue weighted by molar-refractivity contribution is 0.0746. The number of carbonyl (C=O) groups is 1. The van der Waals surface area contributed by atoms with E-state index in [4.69, 9.17) is 4.74 Å². The van der Waals surface area contributed by atoms with Gasteiger partial charge in [-0.3, -0.25) is 4.79 Å². The van der Waals surface area contributed by atoms with Gasteiger partial charge < -0.3 is 14.5 Å². The number of piperazine rings is 1. The molecule has 24 heavy (non-hydrogen) atoms. The molecule has 0 spiro atoms. The number of carbonyl (C=O) groups excluding carboxylic acids is 1. The summed E-state index contributed by atoms with van der Waals surface area (Å²) in [4.78, 5) is 16.9. The lowest BCUT2D eigenvalue weighted by Crippen LogP contribution is -2.48. The Morgan fingerprint density at radius 2 is 1.67 bits per heavy atom. The summed E-state index contributed by atoms with van der Waals surface area (Å²) in [5, 5.41) is 0. The Kier molecular flexibility index (Phi) is 4.74. The van der Waals surface area contributed by atoms with E-state index in [9.17, 15) is 4.79 Å². The van der Waals surface area contributed by atoms with Gasteiger partial charge in [0.2, 0.25) is 0 Å². The average Bonchev–Trinajstić information content (AvgIpc) is 2.61. The Hall–Kier alpha value is -2.49. The number of hydrogen-bond donors (Lipinski definition) is 0. The molecule has 2 aromatic rings. The van der Waals surface area contributed by atoms with E-state index in [-0.39, 0.29) is 5.91 Å². The van der Waals surface area contributed by atoms with Gasteiger partial charge in [0.1, 0.15) is 5.75 Å². The van der Waals surface area contributed by atoms with Gasteiger partial charge in [-0.2, -0.15) is 0 Å². The fourth-order valence-electron chi connectivity index (χ4n) is 3.16. The normalized spacial score (nSPS) is 14.6. The predicted octanol–water partition coefficient (Wildman–Crippen LogP) is 3.27. The molecule has 126 valence electrons. The van der Waals surface area contributed by atoms with Crippen LogP contribution in [-0.4, -0.2) is 44.1 Å². The fraction of sp³-hybridized carbons (Fsp3) is 0.350. The summed E-state index contributed by atoms with van der Waals surface area (Å²) in [6, 6.07) is 14.0. The maximum absolute atomic E-state index is 12.7.